The average molecular weight is 349 g/mol. The quantitative estimate of drug-likeness (QED) is 0.863. The minimum atomic E-state index is -0.216. The van der Waals surface area contributed by atoms with Gasteiger partial charge in [0.15, 0.2) is 5.65 Å². The van der Waals surface area contributed by atoms with Crippen LogP contribution in [-0.4, -0.2) is 27.0 Å². The van der Waals surface area contributed by atoms with Crippen LogP contribution in [0.4, 0.5) is 0 Å². The number of hydrogen-bond donors (Lipinski definition) is 1. The summed E-state index contributed by atoms with van der Waals surface area (Å²) < 4.78 is 2.50. The van der Waals surface area contributed by atoms with Crippen molar-refractivity contribution < 1.29 is 4.79 Å². The van der Waals surface area contributed by atoms with Crippen LogP contribution >= 0.6 is 15.9 Å². The summed E-state index contributed by atoms with van der Waals surface area (Å²) in [5.74, 6) is -0.00282. The fourth-order valence-corrected chi connectivity index (χ4v) is 2.83. The van der Waals surface area contributed by atoms with E-state index in [0.29, 0.717) is 12.2 Å². The van der Waals surface area contributed by atoms with Gasteiger partial charge >= 0.3 is 0 Å². The van der Waals surface area contributed by atoms with Crippen LogP contribution in [0.25, 0.3) is 5.65 Å². The summed E-state index contributed by atoms with van der Waals surface area (Å²) in [6, 6.07) is 3.70. The Balaban J connectivity index is 1.60. The smallest absolute Gasteiger partial charge is 0.291 e. The molecule has 1 aliphatic rings. The Labute approximate surface area is 131 Å². The van der Waals surface area contributed by atoms with Crippen molar-refractivity contribution in [3.63, 3.8) is 0 Å². The fourth-order valence-electron chi connectivity index (χ4n) is 2.50. The van der Waals surface area contributed by atoms with Gasteiger partial charge in [-0.25, -0.2) is 9.50 Å². The van der Waals surface area contributed by atoms with Gasteiger partial charge in [0.1, 0.15) is 0 Å². The van der Waals surface area contributed by atoms with Crippen LogP contribution in [-0.2, 0) is 0 Å². The van der Waals surface area contributed by atoms with Crippen LogP contribution in [0, 0.1) is 0 Å². The minimum absolute atomic E-state index is 0.214. The summed E-state index contributed by atoms with van der Waals surface area (Å²) >= 11 is 3.37. The highest BCUT2D eigenvalue weighted by atomic mass is 79.9. The highest BCUT2D eigenvalue weighted by Gasteiger charge is 2.12. The van der Waals surface area contributed by atoms with Gasteiger partial charge in [0.05, 0.1) is 0 Å². The summed E-state index contributed by atoms with van der Waals surface area (Å²) in [7, 11) is 0. The molecule has 1 amide bonds. The Kier molecular flexibility index (Phi) is 4.34. The molecule has 0 unspecified atom stereocenters. The molecule has 1 aliphatic carbocycles. The van der Waals surface area contributed by atoms with Crippen molar-refractivity contribution in [1.29, 1.82) is 0 Å². The number of nitrogens with zero attached hydrogens (tertiary/aromatic N) is 3. The largest absolute Gasteiger partial charge is 0.349 e. The lowest BCUT2D eigenvalue weighted by Gasteiger charge is -2.12. The predicted molar refractivity (Wildman–Crippen MR) is 84.2 cm³/mol. The number of fused-ring (bicyclic) bond motifs is 1. The van der Waals surface area contributed by atoms with Gasteiger partial charge in [-0.1, -0.05) is 11.6 Å². The van der Waals surface area contributed by atoms with Crippen LogP contribution < -0.4 is 5.32 Å². The Morgan fingerprint density at radius 3 is 3.10 bits per heavy atom. The SMILES string of the molecule is O=C(NCCC1=CCCCC1)c1nc2ccc(Br)cn2n1. The Morgan fingerprint density at radius 1 is 1.38 bits per heavy atom. The van der Waals surface area contributed by atoms with E-state index in [9.17, 15) is 4.79 Å². The zero-order valence-electron chi connectivity index (χ0n) is 11.7. The molecule has 2 aromatic heterocycles. The first-order valence-electron chi connectivity index (χ1n) is 7.20. The van der Waals surface area contributed by atoms with E-state index in [1.165, 1.54) is 24.8 Å². The van der Waals surface area contributed by atoms with Gasteiger partial charge < -0.3 is 5.32 Å². The van der Waals surface area contributed by atoms with Crippen molar-refractivity contribution in [3.05, 3.63) is 40.3 Å². The molecule has 21 heavy (non-hydrogen) atoms. The molecule has 0 atom stereocenters. The normalized spacial score (nSPS) is 15.0. The first-order valence-corrected chi connectivity index (χ1v) is 8.00. The van der Waals surface area contributed by atoms with Crippen molar-refractivity contribution in [1.82, 2.24) is 19.9 Å². The van der Waals surface area contributed by atoms with E-state index >= 15 is 0 Å². The number of pyridine rings is 1. The predicted octanol–water partition coefficient (Wildman–Crippen LogP) is 3.11. The summed E-state index contributed by atoms with van der Waals surface area (Å²) in [5.41, 5.74) is 2.12. The summed E-state index contributed by atoms with van der Waals surface area (Å²) in [6.45, 7) is 0.643. The highest BCUT2D eigenvalue weighted by molar-refractivity contribution is 9.10. The minimum Gasteiger partial charge on any atom is -0.349 e. The molecule has 0 aromatic carbocycles. The first-order chi connectivity index (χ1) is 10.2. The van der Waals surface area contributed by atoms with Crippen LogP contribution in [0.1, 0.15) is 42.7 Å². The molecule has 2 aromatic rings. The maximum Gasteiger partial charge on any atom is 0.291 e. The van der Waals surface area contributed by atoms with Gasteiger partial charge in [-0.2, -0.15) is 0 Å². The Bertz CT molecular complexity index is 692. The van der Waals surface area contributed by atoms with E-state index in [0.717, 1.165) is 17.3 Å². The second-order valence-corrected chi connectivity index (χ2v) is 6.12. The molecule has 2 heterocycles. The molecule has 3 rings (SSSR count). The van der Waals surface area contributed by atoms with E-state index in [2.05, 4.69) is 37.4 Å². The van der Waals surface area contributed by atoms with Gasteiger partial charge in [-0.3, -0.25) is 4.79 Å². The van der Waals surface area contributed by atoms with E-state index in [1.807, 2.05) is 12.1 Å². The van der Waals surface area contributed by atoms with Gasteiger partial charge in [-0.05, 0) is 60.2 Å². The number of allylic oxidation sites excluding steroid dienone is 1. The third-order valence-corrected chi connectivity index (χ3v) is 4.08. The fraction of sp³-hybridized carbons (Fsp3) is 0.400. The topological polar surface area (TPSA) is 59.3 Å². The van der Waals surface area contributed by atoms with Gasteiger partial charge in [0.2, 0.25) is 5.82 Å². The zero-order chi connectivity index (χ0) is 14.7. The van der Waals surface area contributed by atoms with Gasteiger partial charge in [0, 0.05) is 17.2 Å². The van der Waals surface area contributed by atoms with Gasteiger partial charge in [-0.15, -0.1) is 5.10 Å². The number of carbonyl (C=O) groups is 1. The van der Waals surface area contributed by atoms with Crippen LogP contribution in [0.2, 0.25) is 0 Å². The maximum atomic E-state index is 12.1. The third kappa shape index (κ3) is 3.50. The van der Waals surface area contributed by atoms with E-state index in [1.54, 1.807) is 10.7 Å². The van der Waals surface area contributed by atoms with Gasteiger partial charge in [0.25, 0.3) is 5.91 Å². The lowest BCUT2D eigenvalue weighted by atomic mass is 9.97. The highest BCUT2D eigenvalue weighted by Crippen LogP contribution is 2.19. The second kappa shape index (κ2) is 6.39. The summed E-state index contributed by atoms with van der Waals surface area (Å²) in [6.07, 6.45) is 9.90. The van der Waals surface area contributed by atoms with Crippen molar-refractivity contribution in [2.45, 2.75) is 32.1 Å². The number of halogens is 1. The standard InChI is InChI=1S/C15H17BrN4O/c16-12-6-7-13-18-14(19-20(13)10-12)15(21)17-9-8-11-4-2-1-3-5-11/h4,6-7,10H,1-3,5,8-9H2,(H,17,21). The monoisotopic (exact) mass is 348 g/mol. The molecule has 6 heteroatoms. The number of aromatic nitrogens is 3. The first kappa shape index (κ1) is 14.3. The lowest BCUT2D eigenvalue weighted by Crippen LogP contribution is -2.26. The van der Waals surface area contributed by atoms with Crippen LogP contribution in [0.15, 0.2) is 34.5 Å². The number of nitrogens with one attached hydrogen (secondary N) is 1. The second-order valence-electron chi connectivity index (χ2n) is 5.20. The summed E-state index contributed by atoms with van der Waals surface area (Å²) in [4.78, 5) is 16.3. The van der Waals surface area contributed by atoms with Crippen LogP contribution in [0.3, 0.4) is 0 Å². The lowest BCUT2D eigenvalue weighted by molar-refractivity contribution is 0.0944. The van der Waals surface area contributed by atoms with Crippen molar-refractivity contribution in [2.24, 2.45) is 0 Å². The average Bonchev–Trinajstić information content (AvgIpc) is 2.91. The molecule has 0 spiro atoms. The molecule has 0 saturated carbocycles. The molecule has 0 aliphatic heterocycles. The third-order valence-electron chi connectivity index (χ3n) is 3.61. The van der Waals surface area contributed by atoms with E-state index in [4.69, 9.17) is 0 Å². The zero-order valence-corrected chi connectivity index (χ0v) is 13.3. The number of carbonyl (C=O) groups excluding carboxylic acids is 1. The Hall–Kier alpha value is -1.69. The number of amides is 1. The van der Waals surface area contributed by atoms with E-state index in [-0.39, 0.29) is 11.7 Å². The Morgan fingerprint density at radius 2 is 2.29 bits per heavy atom. The van der Waals surface area contributed by atoms with Crippen molar-refractivity contribution in [3.8, 4) is 0 Å². The van der Waals surface area contributed by atoms with Crippen molar-refractivity contribution >= 4 is 27.5 Å². The molecule has 5 nitrogen and oxygen atoms in total. The number of rotatable bonds is 4. The molecular formula is C15H17BrN4O. The number of hydrogen-bond acceptors (Lipinski definition) is 3. The van der Waals surface area contributed by atoms with E-state index < -0.39 is 0 Å². The van der Waals surface area contributed by atoms with Crippen LogP contribution in [0.5, 0.6) is 0 Å². The molecule has 0 fully saturated rings. The molecule has 0 radical (unpaired) electrons. The summed E-state index contributed by atoms with van der Waals surface area (Å²) in [5, 5.41) is 7.08. The van der Waals surface area contributed by atoms with Crippen molar-refractivity contribution in [2.75, 3.05) is 6.54 Å². The molecule has 0 saturated heterocycles. The molecule has 110 valence electrons. The molecule has 1 N–H and O–H groups in total. The molecule has 0 bridgehead atoms. The maximum absolute atomic E-state index is 12.1. The molecular weight excluding hydrogens is 332 g/mol.